The van der Waals surface area contributed by atoms with Crippen LogP contribution in [0.2, 0.25) is 4.34 Å². The third-order valence-corrected chi connectivity index (χ3v) is 6.73. The van der Waals surface area contributed by atoms with E-state index >= 15 is 0 Å². The Balaban J connectivity index is 1.75. The molecule has 0 radical (unpaired) electrons. The summed E-state index contributed by atoms with van der Waals surface area (Å²) in [4.78, 5) is 1.38. The van der Waals surface area contributed by atoms with E-state index < -0.39 is 0 Å². The third kappa shape index (κ3) is 3.23. The lowest BCUT2D eigenvalue weighted by Crippen LogP contribution is -2.53. The van der Waals surface area contributed by atoms with Crippen LogP contribution in [0.3, 0.4) is 0 Å². The van der Waals surface area contributed by atoms with Crippen LogP contribution in [0, 0.1) is 11.8 Å². The van der Waals surface area contributed by atoms with Crippen molar-refractivity contribution in [1.29, 1.82) is 0 Å². The predicted molar refractivity (Wildman–Crippen MR) is 88.5 cm³/mol. The Morgan fingerprint density at radius 3 is 2.55 bits per heavy atom. The lowest BCUT2D eigenvalue weighted by Gasteiger charge is -2.46. The summed E-state index contributed by atoms with van der Waals surface area (Å²) in [6.07, 6.45) is 13.4. The van der Waals surface area contributed by atoms with Crippen molar-refractivity contribution in [2.45, 2.75) is 69.7 Å². The molecule has 0 spiro atoms. The molecule has 0 bridgehead atoms. The highest BCUT2D eigenvalue weighted by atomic mass is 35.5. The van der Waals surface area contributed by atoms with Crippen molar-refractivity contribution < 1.29 is 0 Å². The number of hydrogen-bond donors (Lipinski definition) is 1. The quantitative estimate of drug-likeness (QED) is 0.793. The summed E-state index contributed by atoms with van der Waals surface area (Å²) in [5.41, 5.74) is 6.96. The maximum Gasteiger partial charge on any atom is 0.0931 e. The largest absolute Gasteiger partial charge is 0.325 e. The van der Waals surface area contributed by atoms with Crippen molar-refractivity contribution in [2.75, 3.05) is 0 Å². The van der Waals surface area contributed by atoms with Crippen molar-refractivity contribution in [2.24, 2.45) is 17.6 Å². The number of halogens is 1. The van der Waals surface area contributed by atoms with Gasteiger partial charge in [0.05, 0.1) is 4.34 Å². The van der Waals surface area contributed by atoms with Gasteiger partial charge >= 0.3 is 0 Å². The molecule has 3 rings (SSSR count). The van der Waals surface area contributed by atoms with Crippen molar-refractivity contribution >= 4 is 22.9 Å². The summed E-state index contributed by atoms with van der Waals surface area (Å²) < 4.78 is 0.897. The van der Waals surface area contributed by atoms with Crippen LogP contribution in [0.1, 0.15) is 62.7 Å². The van der Waals surface area contributed by atoms with Gasteiger partial charge in [-0.25, -0.2) is 0 Å². The Morgan fingerprint density at radius 1 is 1.10 bits per heavy atom. The van der Waals surface area contributed by atoms with Crippen LogP contribution in [0.4, 0.5) is 0 Å². The normalized spacial score (nSPS) is 32.4. The number of nitrogens with two attached hydrogens (primary N) is 1. The van der Waals surface area contributed by atoms with E-state index in [4.69, 9.17) is 17.3 Å². The van der Waals surface area contributed by atoms with E-state index in [2.05, 4.69) is 6.07 Å². The van der Waals surface area contributed by atoms with Gasteiger partial charge in [-0.05, 0) is 36.8 Å². The second-order valence-electron chi connectivity index (χ2n) is 6.87. The first-order valence-electron chi connectivity index (χ1n) is 8.20. The van der Waals surface area contributed by atoms with Gasteiger partial charge in [-0.3, -0.25) is 0 Å². The Morgan fingerprint density at radius 2 is 1.85 bits per heavy atom. The van der Waals surface area contributed by atoms with Gasteiger partial charge in [0.2, 0.25) is 0 Å². The lowest BCUT2D eigenvalue weighted by atomic mass is 9.63. The maximum absolute atomic E-state index is 6.94. The van der Waals surface area contributed by atoms with Gasteiger partial charge < -0.3 is 5.73 Å². The molecular weight excluding hydrogens is 286 g/mol. The highest BCUT2D eigenvalue weighted by Gasteiger charge is 2.41. The van der Waals surface area contributed by atoms with Gasteiger partial charge in [0.1, 0.15) is 0 Å². The maximum atomic E-state index is 6.94. The minimum atomic E-state index is 0.0223. The molecule has 0 aromatic carbocycles. The molecule has 2 unspecified atom stereocenters. The molecule has 0 amide bonds. The summed E-state index contributed by atoms with van der Waals surface area (Å²) >= 11 is 7.80. The summed E-state index contributed by atoms with van der Waals surface area (Å²) in [5, 5.41) is 0. The summed E-state index contributed by atoms with van der Waals surface area (Å²) in [6.45, 7) is 0. The molecule has 1 nitrogen and oxygen atoms in total. The molecule has 2 atom stereocenters. The summed E-state index contributed by atoms with van der Waals surface area (Å²) in [5.74, 6) is 1.61. The van der Waals surface area contributed by atoms with E-state index in [-0.39, 0.29) is 5.54 Å². The third-order valence-electron chi connectivity index (χ3n) is 5.50. The van der Waals surface area contributed by atoms with Gasteiger partial charge in [-0.15, -0.1) is 11.3 Å². The molecule has 2 saturated carbocycles. The fourth-order valence-electron chi connectivity index (χ4n) is 4.52. The first-order chi connectivity index (χ1) is 9.67. The zero-order valence-corrected chi connectivity index (χ0v) is 13.8. The average molecular weight is 312 g/mol. The van der Waals surface area contributed by atoms with Gasteiger partial charge in [0.25, 0.3) is 0 Å². The molecule has 1 aromatic heterocycles. The van der Waals surface area contributed by atoms with Crippen molar-refractivity contribution in [3.05, 3.63) is 21.3 Å². The molecule has 2 aliphatic carbocycles. The van der Waals surface area contributed by atoms with Gasteiger partial charge in [-0.1, -0.05) is 56.5 Å². The minimum Gasteiger partial charge on any atom is -0.325 e. The fourth-order valence-corrected chi connectivity index (χ4v) is 5.75. The van der Waals surface area contributed by atoms with Gasteiger partial charge in [0.15, 0.2) is 0 Å². The van der Waals surface area contributed by atoms with Crippen LogP contribution in [-0.4, -0.2) is 5.54 Å². The van der Waals surface area contributed by atoms with Gasteiger partial charge in [-0.2, -0.15) is 0 Å². The van der Waals surface area contributed by atoms with E-state index in [0.29, 0.717) is 0 Å². The van der Waals surface area contributed by atoms with Crippen LogP contribution in [0.25, 0.3) is 0 Å². The minimum absolute atomic E-state index is 0.0223. The molecule has 1 heterocycles. The van der Waals surface area contributed by atoms with Crippen molar-refractivity contribution in [1.82, 2.24) is 0 Å². The highest BCUT2D eigenvalue weighted by molar-refractivity contribution is 7.16. The van der Waals surface area contributed by atoms with Crippen LogP contribution in [0.5, 0.6) is 0 Å². The molecule has 2 fully saturated rings. The molecule has 0 saturated heterocycles. The smallest absolute Gasteiger partial charge is 0.0931 e. The van der Waals surface area contributed by atoms with E-state index in [1.165, 1.54) is 62.7 Å². The molecular formula is C17H26ClNS. The zero-order chi connectivity index (χ0) is 14.0. The molecule has 20 heavy (non-hydrogen) atoms. The van der Waals surface area contributed by atoms with Crippen LogP contribution in [-0.2, 0) is 6.42 Å². The molecule has 2 N–H and O–H groups in total. The van der Waals surface area contributed by atoms with Crippen LogP contribution < -0.4 is 5.73 Å². The second kappa shape index (κ2) is 6.37. The second-order valence-corrected chi connectivity index (χ2v) is 8.67. The zero-order valence-electron chi connectivity index (χ0n) is 12.2. The van der Waals surface area contributed by atoms with E-state index in [0.717, 1.165) is 22.6 Å². The van der Waals surface area contributed by atoms with Crippen molar-refractivity contribution in [3.63, 3.8) is 0 Å². The number of thiophene rings is 1. The number of hydrogen-bond acceptors (Lipinski definition) is 2. The Labute approximate surface area is 131 Å². The fraction of sp³-hybridized carbons (Fsp3) is 0.765. The van der Waals surface area contributed by atoms with E-state index in [9.17, 15) is 0 Å². The van der Waals surface area contributed by atoms with E-state index in [1.807, 2.05) is 6.07 Å². The Kier molecular flexibility index (Phi) is 4.74. The SMILES string of the molecule is NC1(Cc2ccc(Cl)s2)CCCCC1C1CCCCC1. The molecule has 0 aliphatic heterocycles. The first-order valence-corrected chi connectivity index (χ1v) is 9.40. The topological polar surface area (TPSA) is 26.0 Å². The Hall–Kier alpha value is -0.0500. The monoisotopic (exact) mass is 311 g/mol. The summed E-state index contributed by atoms with van der Waals surface area (Å²) in [6, 6.07) is 4.19. The summed E-state index contributed by atoms with van der Waals surface area (Å²) in [7, 11) is 0. The predicted octanol–water partition coefficient (Wildman–Crippen LogP) is 5.41. The van der Waals surface area contributed by atoms with Crippen LogP contribution in [0.15, 0.2) is 12.1 Å². The lowest BCUT2D eigenvalue weighted by molar-refractivity contribution is 0.100. The van der Waals surface area contributed by atoms with Crippen molar-refractivity contribution in [3.8, 4) is 0 Å². The van der Waals surface area contributed by atoms with Gasteiger partial charge in [0, 0.05) is 16.8 Å². The first kappa shape index (κ1) is 14.9. The van der Waals surface area contributed by atoms with E-state index in [1.54, 1.807) is 11.3 Å². The molecule has 1 aromatic rings. The Bertz CT molecular complexity index is 438. The standard InChI is InChI=1S/C17H26ClNS/c18-16-10-9-14(20-16)12-17(19)11-5-4-8-15(17)13-6-2-1-3-7-13/h9-10,13,15H,1-8,11-12,19H2. The van der Waals surface area contributed by atoms with Crippen LogP contribution >= 0.6 is 22.9 Å². The molecule has 2 aliphatic rings. The highest BCUT2D eigenvalue weighted by Crippen LogP contribution is 2.44. The molecule has 3 heteroatoms. The molecule has 112 valence electrons. The number of rotatable bonds is 3. The average Bonchev–Trinajstić information content (AvgIpc) is 2.85.